The molecule has 0 bridgehead atoms. The number of aromatic amines is 1. The van der Waals surface area contributed by atoms with E-state index in [1.165, 1.54) is 0 Å². The minimum atomic E-state index is 0.374. The van der Waals surface area contributed by atoms with Crippen molar-refractivity contribution in [3.8, 4) is 0 Å². The van der Waals surface area contributed by atoms with Crippen LogP contribution in [0.4, 0.5) is 0 Å². The summed E-state index contributed by atoms with van der Waals surface area (Å²) in [6, 6.07) is 0. The second-order valence-corrected chi connectivity index (χ2v) is 2.83. The number of aromatic nitrogens is 4. The van der Waals surface area contributed by atoms with Gasteiger partial charge in [0.05, 0.1) is 0 Å². The minimum Gasteiger partial charge on any atom is -0.330 e. The van der Waals surface area contributed by atoms with Gasteiger partial charge in [-0.05, 0) is 19.4 Å². The molecule has 12 heavy (non-hydrogen) atoms. The normalized spacial score (nSPS) is 13.2. The third-order valence-electron chi connectivity index (χ3n) is 1.88. The van der Waals surface area contributed by atoms with E-state index in [1.807, 2.05) is 0 Å². The Morgan fingerprint density at radius 3 is 2.83 bits per heavy atom. The number of H-pyrrole nitrogens is 1. The Morgan fingerprint density at radius 2 is 2.33 bits per heavy atom. The van der Waals surface area contributed by atoms with E-state index in [-0.39, 0.29) is 0 Å². The van der Waals surface area contributed by atoms with Crippen molar-refractivity contribution >= 4 is 0 Å². The van der Waals surface area contributed by atoms with Crippen LogP contribution in [0, 0.1) is 0 Å². The molecule has 5 nitrogen and oxygen atoms in total. The fourth-order valence-corrected chi connectivity index (χ4v) is 1.29. The molecule has 0 amide bonds. The molecule has 1 aromatic rings. The summed E-state index contributed by atoms with van der Waals surface area (Å²) >= 11 is 0. The van der Waals surface area contributed by atoms with Crippen LogP contribution in [-0.2, 0) is 0 Å². The lowest BCUT2D eigenvalue weighted by molar-refractivity contribution is 0.547. The maximum atomic E-state index is 5.48. The summed E-state index contributed by atoms with van der Waals surface area (Å²) in [5.74, 6) is 1.17. The van der Waals surface area contributed by atoms with Gasteiger partial charge in [-0.2, -0.15) is 5.21 Å². The van der Waals surface area contributed by atoms with Crippen molar-refractivity contribution in [2.24, 2.45) is 5.73 Å². The summed E-state index contributed by atoms with van der Waals surface area (Å²) < 4.78 is 0. The van der Waals surface area contributed by atoms with Gasteiger partial charge in [0.2, 0.25) is 0 Å². The zero-order valence-corrected chi connectivity index (χ0v) is 7.32. The molecule has 1 rings (SSSR count). The number of tetrazole rings is 1. The number of hydrogen-bond donors (Lipinski definition) is 2. The molecular weight excluding hydrogens is 154 g/mol. The molecule has 0 saturated carbocycles. The fraction of sp³-hybridized carbons (Fsp3) is 0.857. The lowest BCUT2D eigenvalue weighted by atomic mass is 9.99. The van der Waals surface area contributed by atoms with Gasteiger partial charge < -0.3 is 5.73 Å². The summed E-state index contributed by atoms with van der Waals surface area (Å²) in [4.78, 5) is 0. The van der Waals surface area contributed by atoms with Crippen LogP contribution in [0.3, 0.4) is 0 Å². The lowest BCUT2D eigenvalue weighted by Gasteiger charge is -2.08. The Morgan fingerprint density at radius 1 is 1.50 bits per heavy atom. The maximum absolute atomic E-state index is 5.48. The molecule has 0 aromatic carbocycles. The maximum Gasteiger partial charge on any atom is 0.177 e. The van der Waals surface area contributed by atoms with Crippen molar-refractivity contribution in [1.82, 2.24) is 20.6 Å². The zero-order chi connectivity index (χ0) is 8.81. The van der Waals surface area contributed by atoms with E-state index in [4.69, 9.17) is 5.73 Å². The van der Waals surface area contributed by atoms with Crippen LogP contribution >= 0.6 is 0 Å². The number of hydrogen-bond acceptors (Lipinski definition) is 4. The zero-order valence-electron chi connectivity index (χ0n) is 7.32. The van der Waals surface area contributed by atoms with Crippen LogP contribution in [0.1, 0.15) is 37.9 Å². The number of nitrogens with two attached hydrogens (primary N) is 1. The number of nitrogens with zero attached hydrogens (tertiary/aromatic N) is 3. The van der Waals surface area contributed by atoms with Crippen molar-refractivity contribution in [2.75, 3.05) is 6.54 Å². The molecule has 0 aliphatic carbocycles. The Labute approximate surface area is 71.7 Å². The second kappa shape index (κ2) is 4.82. The third-order valence-corrected chi connectivity index (χ3v) is 1.88. The van der Waals surface area contributed by atoms with Gasteiger partial charge in [-0.1, -0.05) is 18.6 Å². The van der Waals surface area contributed by atoms with Gasteiger partial charge in [-0.25, -0.2) is 0 Å². The molecule has 3 N–H and O–H groups in total. The van der Waals surface area contributed by atoms with Gasteiger partial charge in [0.15, 0.2) is 5.82 Å². The molecule has 0 radical (unpaired) electrons. The van der Waals surface area contributed by atoms with E-state index < -0.39 is 0 Å². The second-order valence-electron chi connectivity index (χ2n) is 2.83. The molecule has 0 fully saturated rings. The SMILES string of the molecule is CCCC(CCN)c1nn[nH]n1. The first-order chi connectivity index (χ1) is 5.88. The first-order valence-corrected chi connectivity index (χ1v) is 4.31. The number of rotatable bonds is 5. The van der Waals surface area contributed by atoms with E-state index in [0.29, 0.717) is 12.5 Å². The summed E-state index contributed by atoms with van der Waals surface area (Å²) in [6.07, 6.45) is 3.14. The van der Waals surface area contributed by atoms with E-state index in [0.717, 1.165) is 25.1 Å². The monoisotopic (exact) mass is 169 g/mol. The van der Waals surface area contributed by atoms with Gasteiger partial charge in [0.25, 0.3) is 0 Å². The van der Waals surface area contributed by atoms with E-state index >= 15 is 0 Å². The Bertz CT molecular complexity index is 190. The molecule has 0 spiro atoms. The Kier molecular flexibility index (Phi) is 3.66. The van der Waals surface area contributed by atoms with E-state index in [9.17, 15) is 0 Å². The molecule has 68 valence electrons. The molecular formula is C7H15N5. The van der Waals surface area contributed by atoms with Gasteiger partial charge in [-0.3, -0.25) is 0 Å². The lowest BCUT2D eigenvalue weighted by Crippen LogP contribution is -2.08. The van der Waals surface area contributed by atoms with Crippen molar-refractivity contribution in [1.29, 1.82) is 0 Å². The average molecular weight is 169 g/mol. The Hall–Kier alpha value is -0.970. The predicted octanol–water partition coefficient (Wildman–Crippen LogP) is 0.432. The van der Waals surface area contributed by atoms with Crippen molar-refractivity contribution in [3.63, 3.8) is 0 Å². The molecule has 0 saturated heterocycles. The highest BCUT2D eigenvalue weighted by Gasteiger charge is 2.13. The molecule has 1 atom stereocenters. The predicted molar refractivity (Wildman–Crippen MR) is 45.5 cm³/mol. The van der Waals surface area contributed by atoms with Crippen LogP contribution in [0.25, 0.3) is 0 Å². The van der Waals surface area contributed by atoms with Gasteiger partial charge in [0.1, 0.15) is 0 Å². The molecule has 1 heterocycles. The van der Waals surface area contributed by atoms with Crippen LogP contribution in [-0.4, -0.2) is 27.2 Å². The fourth-order valence-electron chi connectivity index (χ4n) is 1.29. The molecule has 5 heteroatoms. The molecule has 1 aromatic heterocycles. The third kappa shape index (κ3) is 2.27. The largest absolute Gasteiger partial charge is 0.330 e. The summed E-state index contributed by atoms with van der Waals surface area (Å²) in [6.45, 7) is 2.82. The molecule has 0 aliphatic rings. The highest BCUT2D eigenvalue weighted by Crippen LogP contribution is 2.19. The van der Waals surface area contributed by atoms with Gasteiger partial charge in [0, 0.05) is 5.92 Å². The van der Waals surface area contributed by atoms with Crippen molar-refractivity contribution < 1.29 is 0 Å². The van der Waals surface area contributed by atoms with E-state index in [1.54, 1.807) is 0 Å². The van der Waals surface area contributed by atoms with Crippen molar-refractivity contribution in [2.45, 2.75) is 32.1 Å². The minimum absolute atomic E-state index is 0.374. The summed E-state index contributed by atoms with van der Waals surface area (Å²) in [5, 5.41) is 13.9. The standard InChI is InChI=1S/C7H15N5/c1-2-3-6(4-5-8)7-9-11-12-10-7/h6H,2-5,8H2,1H3,(H,9,10,11,12). The number of nitrogens with one attached hydrogen (secondary N) is 1. The van der Waals surface area contributed by atoms with Crippen molar-refractivity contribution in [3.05, 3.63) is 5.82 Å². The summed E-state index contributed by atoms with van der Waals surface area (Å²) in [5.41, 5.74) is 5.48. The molecule has 1 unspecified atom stereocenters. The quantitative estimate of drug-likeness (QED) is 0.670. The van der Waals surface area contributed by atoms with Gasteiger partial charge >= 0.3 is 0 Å². The first-order valence-electron chi connectivity index (χ1n) is 4.31. The van der Waals surface area contributed by atoms with Crippen LogP contribution in [0.5, 0.6) is 0 Å². The Balaban J connectivity index is 2.53. The van der Waals surface area contributed by atoms with Gasteiger partial charge in [-0.15, -0.1) is 10.2 Å². The topological polar surface area (TPSA) is 80.5 Å². The highest BCUT2D eigenvalue weighted by atomic mass is 15.5. The van der Waals surface area contributed by atoms with Crippen LogP contribution in [0.15, 0.2) is 0 Å². The van der Waals surface area contributed by atoms with E-state index in [2.05, 4.69) is 27.5 Å². The first kappa shape index (κ1) is 9.12. The summed E-state index contributed by atoms with van der Waals surface area (Å²) in [7, 11) is 0. The highest BCUT2D eigenvalue weighted by molar-refractivity contribution is 4.90. The average Bonchev–Trinajstić information content (AvgIpc) is 2.56. The van der Waals surface area contributed by atoms with Crippen LogP contribution in [0.2, 0.25) is 0 Å². The smallest absolute Gasteiger partial charge is 0.177 e. The molecule has 0 aliphatic heterocycles. The van der Waals surface area contributed by atoms with Crippen LogP contribution < -0.4 is 5.73 Å².